The third-order valence-electron chi connectivity index (χ3n) is 2.68. The largest absolute Gasteiger partial charge is 0.478 e. The van der Waals surface area contributed by atoms with E-state index < -0.39 is 5.97 Å². The first-order valence-electron chi connectivity index (χ1n) is 6.04. The van der Waals surface area contributed by atoms with E-state index in [4.69, 9.17) is 5.11 Å². The molecule has 4 heteroatoms. The molecule has 0 heterocycles. The van der Waals surface area contributed by atoms with Crippen LogP contribution in [0.1, 0.15) is 35.7 Å². The quantitative estimate of drug-likeness (QED) is 0.664. The van der Waals surface area contributed by atoms with Crippen molar-refractivity contribution >= 4 is 11.9 Å². The van der Waals surface area contributed by atoms with E-state index in [0.717, 1.165) is 6.42 Å². The number of unbranched alkanes of at least 4 members (excludes halogenated alkanes) is 1. The van der Waals surface area contributed by atoms with Gasteiger partial charge < -0.3 is 10.0 Å². The lowest BCUT2D eigenvalue weighted by atomic mass is 10.1. The third-order valence-corrected chi connectivity index (χ3v) is 2.68. The van der Waals surface area contributed by atoms with Gasteiger partial charge in [0.15, 0.2) is 0 Å². The predicted molar refractivity (Wildman–Crippen MR) is 72.8 cm³/mol. The number of rotatable bonds is 4. The molecule has 0 bridgehead atoms. The van der Waals surface area contributed by atoms with Crippen LogP contribution in [0.15, 0.2) is 24.3 Å². The molecule has 0 saturated carbocycles. The molecule has 100 valence electrons. The summed E-state index contributed by atoms with van der Waals surface area (Å²) in [7, 11) is 1.76. The molecular weight excluding hydrogens is 242 g/mol. The topological polar surface area (TPSA) is 57.6 Å². The molecule has 0 spiro atoms. The minimum absolute atomic E-state index is 0.0436. The van der Waals surface area contributed by atoms with Crippen LogP contribution in [-0.2, 0) is 4.79 Å². The van der Waals surface area contributed by atoms with Gasteiger partial charge in [-0.1, -0.05) is 17.9 Å². The van der Waals surface area contributed by atoms with Crippen LogP contribution in [0.4, 0.5) is 0 Å². The van der Waals surface area contributed by atoms with Gasteiger partial charge in [-0.3, -0.25) is 4.79 Å². The molecule has 0 atom stereocenters. The standard InChI is InChI=1S/C15H17NO3/c1-12(17)16(2)10-5-3-4-7-13-8-6-9-14(11-13)15(18)19/h6,8-9,11H,3,5,10H2,1-2H3,(H,18,19). The Hall–Kier alpha value is -2.28. The summed E-state index contributed by atoms with van der Waals surface area (Å²) in [4.78, 5) is 23.4. The smallest absolute Gasteiger partial charge is 0.335 e. The molecule has 0 unspecified atom stereocenters. The van der Waals surface area contributed by atoms with Crippen LogP contribution >= 0.6 is 0 Å². The number of carbonyl (C=O) groups excluding carboxylic acids is 1. The second kappa shape index (κ2) is 7.22. The number of hydrogen-bond acceptors (Lipinski definition) is 2. The van der Waals surface area contributed by atoms with Crippen LogP contribution in [0, 0.1) is 11.8 Å². The Balaban J connectivity index is 2.48. The number of amides is 1. The Labute approximate surface area is 113 Å². The van der Waals surface area contributed by atoms with E-state index in [1.165, 1.54) is 13.0 Å². The number of carboxylic acid groups (broad SMARTS) is 1. The van der Waals surface area contributed by atoms with Crippen molar-refractivity contribution in [3.63, 3.8) is 0 Å². The van der Waals surface area contributed by atoms with Crippen molar-refractivity contribution in [1.29, 1.82) is 0 Å². The summed E-state index contributed by atoms with van der Waals surface area (Å²) in [6.07, 6.45) is 1.48. The van der Waals surface area contributed by atoms with Gasteiger partial charge in [-0.05, 0) is 24.6 Å². The van der Waals surface area contributed by atoms with Crippen LogP contribution in [0.3, 0.4) is 0 Å². The summed E-state index contributed by atoms with van der Waals surface area (Å²) in [5, 5.41) is 8.85. The maximum absolute atomic E-state index is 11.0. The van der Waals surface area contributed by atoms with Crippen molar-refractivity contribution in [3.8, 4) is 11.8 Å². The fourth-order valence-corrected chi connectivity index (χ4v) is 1.46. The normalized spacial score (nSPS) is 9.37. The van der Waals surface area contributed by atoms with Gasteiger partial charge in [0.2, 0.25) is 5.91 Å². The highest BCUT2D eigenvalue weighted by atomic mass is 16.4. The van der Waals surface area contributed by atoms with Gasteiger partial charge in [0, 0.05) is 32.5 Å². The second-order valence-electron chi connectivity index (χ2n) is 4.23. The highest BCUT2D eigenvalue weighted by Gasteiger charge is 2.01. The zero-order valence-corrected chi connectivity index (χ0v) is 11.1. The Morgan fingerprint density at radius 1 is 1.37 bits per heavy atom. The van der Waals surface area contributed by atoms with Crippen molar-refractivity contribution < 1.29 is 14.7 Å². The molecule has 4 nitrogen and oxygen atoms in total. The van der Waals surface area contributed by atoms with Crippen LogP contribution < -0.4 is 0 Å². The lowest BCUT2D eigenvalue weighted by Crippen LogP contribution is -2.24. The summed E-state index contributed by atoms with van der Waals surface area (Å²) >= 11 is 0. The highest BCUT2D eigenvalue weighted by molar-refractivity contribution is 5.88. The minimum atomic E-state index is -0.952. The van der Waals surface area contributed by atoms with Crippen LogP contribution in [0.2, 0.25) is 0 Å². The van der Waals surface area contributed by atoms with E-state index in [-0.39, 0.29) is 11.5 Å². The van der Waals surface area contributed by atoms with Gasteiger partial charge in [0.05, 0.1) is 5.56 Å². The average molecular weight is 259 g/mol. The molecule has 0 saturated heterocycles. The van der Waals surface area contributed by atoms with Crippen LogP contribution in [-0.4, -0.2) is 35.5 Å². The molecular formula is C15H17NO3. The first-order valence-corrected chi connectivity index (χ1v) is 6.04. The van der Waals surface area contributed by atoms with Crippen LogP contribution in [0.25, 0.3) is 0 Å². The lowest BCUT2D eigenvalue weighted by molar-refractivity contribution is -0.127. The minimum Gasteiger partial charge on any atom is -0.478 e. The Morgan fingerprint density at radius 2 is 2.11 bits per heavy atom. The Bertz CT molecular complexity index is 526. The van der Waals surface area contributed by atoms with Crippen molar-refractivity contribution in [3.05, 3.63) is 35.4 Å². The molecule has 1 amide bonds. The molecule has 1 aromatic carbocycles. The van der Waals surface area contributed by atoms with Gasteiger partial charge in [0.1, 0.15) is 0 Å². The van der Waals surface area contributed by atoms with Crippen LogP contribution in [0.5, 0.6) is 0 Å². The van der Waals surface area contributed by atoms with Crippen molar-refractivity contribution in [2.45, 2.75) is 19.8 Å². The van der Waals surface area contributed by atoms with E-state index >= 15 is 0 Å². The summed E-state index contributed by atoms with van der Waals surface area (Å²) in [5.41, 5.74) is 0.933. The number of aromatic carboxylic acids is 1. The van der Waals surface area contributed by atoms with Crippen molar-refractivity contribution in [1.82, 2.24) is 4.90 Å². The Morgan fingerprint density at radius 3 is 2.74 bits per heavy atom. The van der Waals surface area contributed by atoms with E-state index in [9.17, 15) is 9.59 Å². The maximum atomic E-state index is 11.0. The molecule has 0 fully saturated rings. The zero-order valence-electron chi connectivity index (χ0n) is 11.1. The predicted octanol–water partition coefficient (Wildman–Crippen LogP) is 1.99. The number of benzene rings is 1. The van der Waals surface area contributed by atoms with Crippen molar-refractivity contribution in [2.24, 2.45) is 0 Å². The number of nitrogens with zero attached hydrogens (tertiary/aromatic N) is 1. The molecule has 1 rings (SSSR count). The number of carbonyl (C=O) groups is 2. The zero-order chi connectivity index (χ0) is 14.3. The first kappa shape index (κ1) is 14.8. The second-order valence-corrected chi connectivity index (χ2v) is 4.23. The average Bonchev–Trinajstić information content (AvgIpc) is 2.38. The Kier molecular flexibility index (Phi) is 5.62. The van der Waals surface area contributed by atoms with E-state index in [1.54, 1.807) is 30.1 Å². The molecule has 1 N–H and O–H groups in total. The number of hydrogen-bond donors (Lipinski definition) is 1. The molecule has 0 aliphatic carbocycles. The maximum Gasteiger partial charge on any atom is 0.335 e. The fraction of sp³-hybridized carbons (Fsp3) is 0.333. The molecule has 0 aliphatic heterocycles. The molecule has 0 aromatic heterocycles. The summed E-state index contributed by atoms with van der Waals surface area (Å²) in [6, 6.07) is 6.55. The molecule has 0 aliphatic rings. The SMILES string of the molecule is CC(=O)N(C)CCCC#Cc1cccc(C(=O)O)c1. The highest BCUT2D eigenvalue weighted by Crippen LogP contribution is 2.04. The monoisotopic (exact) mass is 259 g/mol. The van der Waals surface area contributed by atoms with Crippen molar-refractivity contribution in [2.75, 3.05) is 13.6 Å². The number of carboxylic acids is 1. The molecule has 1 aromatic rings. The van der Waals surface area contributed by atoms with Gasteiger partial charge in [-0.15, -0.1) is 0 Å². The van der Waals surface area contributed by atoms with Gasteiger partial charge in [0.25, 0.3) is 0 Å². The van der Waals surface area contributed by atoms with E-state index in [0.29, 0.717) is 18.5 Å². The van der Waals surface area contributed by atoms with E-state index in [2.05, 4.69) is 11.8 Å². The van der Waals surface area contributed by atoms with Gasteiger partial charge >= 0.3 is 5.97 Å². The lowest BCUT2D eigenvalue weighted by Gasteiger charge is -2.12. The first-order chi connectivity index (χ1) is 9.00. The molecule has 0 radical (unpaired) electrons. The summed E-state index contributed by atoms with van der Waals surface area (Å²) < 4.78 is 0. The van der Waals surface area contributed by atoms with E-state index in [1.807, 2.05) is 0 Å². The van der Waals surface area contributed by atoms with Gasteiger partial charge in [-0.25, -0.2) is 4.79 Å². The fourth-order valence-electron chi connectivity index (χ4n) is 1.46. The third kappa shape index (κ3) is 5.26. The summed E-state index contributed by atoms with van der Waals surface area (Å²) in [5.74, 6) is 5.00. The van der Waals surface area contributed by atoms with Gasteiger partial charge in [-0.2, -0.15) is 0 Å². The molecule has 19 heavy (non-hydrogen) atoms. The summed E-state index contributed by atoms with van der Waals surface area (Å²) in [6.45, 7) is 2.21.